The second-order valence-electron chi connectivity index (χ2n) is 8.84. The zero-order valence-electron chi connectivity index (χ0n) is 18.8. The van der Waals surface area contributed by atoms with Gasteiger partial charge >= 0.3 is 0 Å². The lowest BCUT2D eigenvalue weighted by atomic mass is 9.89. The summed E-state index contributed by atoms with van der Waals surface area (Å²) in [6, 6.07) is 12.8. The highest BCUT2D eigenvalue weighted by Gasteiger charge is 2.33. The third kappa shape index (κ3) is 4.84. The van der Waals surface area contributed by atoms with Gasteiger partial charge in [0.1, 0.15) is 5.75 Å². The molecule has 1 fully saturated rings. The molecule has 2 atom stereocenters. The predicted octanol–water partition coefficient (Wildman–Crippen LogP) is 3.85. The predicted molar refractivity (Wildman–Crippen MR) is 124 cm³/mol. The van der Waals surface area contributed by atoms with Crippen LogP contribution >= 0.6 is 0 Å². The van der Waals surface area contributed by atoms with Gasteiger partial charge in [-0.2, -0.15) is 4.31 Å². The Morgan fingerprint density at radius 1 is 1.06 bits per heavy atom. The van der Waals surface area contributed by atoms with Crippen LogP contribution < -0.4 is 10.1 Å². The number of hydrogen-bond acceptors (Lipinski definition) is 4. The Hall–Kier alpha value is -2.38. The average Bonchev–Trinajstić information content (AvgIpc) is 2.83. The molecule has 4 rings (SSSR count). The normalized spacial score (nSPS) is 20.2. The Balaban J connectivity index is 1.41. The topological polar surface area (TPSA) is 75.7 Å². The van der Waals surface area contributed by atoms with E-state index in [2.05, 4.69) is 23.5 Å². The van der Waals surface area contributed by atoms with Crippen LogP contribution in [0.5, 0.6) is 5.75 Å². The van der Waals surface area contributed by atoms with E-state index in [0.29, 0.717) is 25.1 Å². The number of aryl methyl sites for hydroxylation is 2. The first-order valence-corrected chi connectivity index (χ1v) is 12.9. The first-order valence-electron chi connectivity index (χ1n) is 11.4. The zero-order valence-corrected chi connectivity index (χ0v) is 19.7. The summed E-state index contributed by atoms with van der Waals surface area (Å²) in [4.78, 5) is 13.2. The second kappa shape index (κ2) is 9.63. The number of piperidine rings is 1. The fourth-order valence-corrected chi connectivity index (χ4v) is 6.23. The van der Waals surface area contributed by atoms with Crippen molar-refractivity contribution in [2.75, 3.05) is 20.2 Å². The minimum absolute atomic E-state index is 0.0788. The highest BCUT2D eigenvalue weighted by Crippen LogP contribution is 2.27. The van der Waals surface area contributed by atoms with Crippen LogP contribution in [0.2, 0.25) is 0 Å². The molecule has 0 radical (unpaired) electrons. The van der Waals surface area contributed by atoms with E-state index in [0.717, 1.165) is 18.4 Å². The van der Waals surface area contributed by atoms with Crippen molar-refractivity contribution in [1.82, 2.24) is 9.62 Å². The smallest absolute Gasteiger partial charge is 0.243 e. The number of carbonyl (C=O) groups excluding carboxylic acids is 1. The van der Waals surface area contributed by atoms with Crippen molar-refractivity contribution in [2.24, 2.45) is 5.92 Å². The van der Waals surface area contributed by atoms with Gasteiger partial charge < -0.3 is 10.1 Å². The van der Waals surface area contributed by atoms with E-state index < -0.39 is 10.0 Å². The minimum atomic E-state index is -3.65. The van der Waals surface area contributed by atoms with Crippen LogP contribution in [0, 0.1) is 5.92 Å². The quantitative estimate of drug-likeness (QED) is 0.716. The van der Waals surface area contributed by atoms with Crippen molar-refractivity contribution < 1.29 is 17.9 Å². The van der Waals surface area contributed by atoms with Gasteiger partial charge in [0.2, 0.25) is 15.9 Å². The average molecular weight is 457 g/mol. The Kier molecular flexibility index (Phi) is 6.86. The van der Waals surface area contributed by atoms with Gasteiger partial charge in [0.25, 0.3) is 0 Å². The van der Waals surface area contributed by atoms with Crippen LogP contribution in [0.1, 0.15) is 55.3 Å². The molecule has 0 unspecified atom stereocenters. The van der Waals surface area contributed by atoms with Crippen LogP contribution in [0.15, 0.2) is 47.4 Å². The number of sulfonamides is 1. The van der Waals surface area contributed by atoms with Crippen molar-refractivity contribution in [3.8, 4) is 5.75 Å². The molecule has 6 nitrogen and oxygen atoms in total. The maximum Gasteiger partial charge on any atom is 0.243 e. The van der Waals surface area contributed by atoms with Crippen LogP contribution in [-0.2, 0) is 27.7 Å². The number of rotatable bonds is 6. The lowest BCUT2D eigenvalue weighted by Gasteiger charge is -2.32. The van der Waals surface area contributed by atoms with Crippen LogP contribution in [-0.4, -0.2) is 38.8 Å². The molecule has 2 aromatic carbocycles. The number of amides is 1. The van der Waals surface area contributed by atoms with E-state index >= 15 is 0 Å². The molecular formula is C25H32N2O4S. The summed E-state index contributed by atoms with van der Waals surface area (Å²) in [5.74, 6) is 0.178. The van der Waals surface area contributed by atoms with Crippen LogP contribution in [0.25, 0.3) is 0 Å². The van der Waals surface area contributed by atoms with E-state index in [1.807, 2.05) is 6.92 Å². The van der Waals surface area contributed by atoms with E-state index in [1.165, 1.54) is 28.3 Å². The minimum Gasteiger partial charge on any atom is -0.497 e. The van der Waals surface area contributed by atoms with Gasteiger partial charge in [-0.25, -0.2) is 8.42 Å². The number of nitrogens with zero attached hydrogens (tertiary/aromatic N) is 1. The highest BCUT2D eigenvalue weighted by atomic mass is 32.2. The Morgan fingerprint density at radius 3 is 2.50 bits per heavy atom. The molecule has 0 bridgehead atoms. The molecule has 0 saturated carbocycles. The Labute approximate surface area is 191 Å². The van der Waals surface area contributed by atoms with E-state index in [4.69, 9.17) is 4.74 Å². The van der Waals surface area contributed by atoms with Crippen molar-refractivity contribution in [3.05, 3.63) is 59.2 Å². The van der Waals surface area contributed by atoms with Crippen molar-refractivity contribution in [3.63, 3.8) is 0 Å². The molecule has 2 aliphatic rings. The molecule has 1 aliphatic carbocycles. The number of methoxy groups -OCH3 is 1. The highest BCUT2D eigenvalue weighted by molar-refractivity contribution is 7.89. The Morgan fingerprint density at radius 2 is 1.78 bits per heavy atom. The van der Waals surface area contributed by atoms with Gasteiger partial charge in [0.05, 0.1) is 24.0 Å². The van der Waals surface area contributed by atoms with E-state index in [1.54, 1.807) is 31.4 Å². The summed E-state index contributed by atoms with van der Waals surface area (Å²) in [6.45, 7) is 2.63. The molecule has 7 heteroatoms. The summed E-state index contributed by atoms with van der Waals surface area (Å²) >= 11 is 0. The number of hydrogen-bond donors (Lipinski definition) is 1. The molecule has 32 heavy (non-hydrogen) atoms. The zero-order chi connectivity index (χ0) is 22.7. The summed E-state index contributed by atoms with van der Waals surface area (Å²) in [5, 5.41) is 3.12. The van der Waals surface area contributed by atoms with Crippen LogP contribution in [0.3, 0.4) is 0 Å². The van der Waals surface area contributed by atoms with Gasteiger partial charge in [-0.15, -0.1) is 0 Å². The Bertz CT molecular complexity index is 1070. The van der Waals surface area contributed by atoms with E-state index in [-0.39, 0.29) is 29.3 Å². The van der Waals surface area contributed by atoms with Gasteiger partial charge in [0, 0.05) is 13.1 Å². The molecule has 1 amide bonds. The maximum atomic E-state index is 13.1. The fraction of sp³-hybridized carbons (Fsp3) is 0.480. The molecule has 1 heterocycles. The number of nitrogens with one attached hydrogen (secondary N) is 1. The molecule has 0 spiro atoms. The fourth-order valence-electron chi connectivity index (χ4n) is 4.71. The lowest BCUT2D eigenvalue weighted by molar-refractivity contribution is -0.126. The molecular weight excluding hydrogens is 424 g/mol. The SMILES string of the molecule is COc1ccc(S(=O)(=O)N2CCC[C@@H](C(=O)N[C@@H](C)c3ccc4c(c3)CCCC4)C2)cc1. The first kappa shape index (κ1) is 22.8. The number of benzene rings is 2. The number of ether oxygens (including phenoxy) is 1. The number of fused-ring (bicyclic) bond motifs is 1. The summed E-state index contributed by atoms with van der Waals surface area (Å²) in [5.41, 5.74) is 3.92. The van der Waals surface area contributed by atoms with Gasteiger partial charge in [-0.1, -0.05) is 18.2 Å². The number of carbonyl (C=O) groups is 1. The second-order valence-corrected chi connectivity index (χ2v) is 10.8. The van der Waals surface area contributed by atoms with E-state index in [9.17, 15) is 13.2 Å². The molecule has 2 aromatic rings. The maximum absolute atomic E-state index is 13.1. The van der Waals surface area contributed by atoms with Crippen molar-refractivity contribution in [2.45, 2.75) is 56.4 Å². The summed E-state index contributed by atoms with van der Waals surface area (Å²) in [6.07, 6.45) is 6.06. The van der Waals surface area contributed by atoms with Gasteiger partial charge in [-0.3, -0.25) is 4.79 Å². The molecule has 1 aliphatic heterocycles. The van der Waals surface area contributed by atoms with Crippen molar-refractivity contribution in [1.29, 1.82) is 0 Å². The molecule has 172 valence electrons. The largest absolute Gasteiger partial charge is 0.497 e. The lowest BCUT2D eigenvalue weighted by Crippen LogP contribution is -2.45. The van der Waals surface area contributed by atoms with Crippen molar-refractivity contribution >= 4 is 15.9 Å². The van der Waals surface area contributed by atoms with Gasteiger partial charge in [0.15, 0.2) is 0 Å². The summed E-state index contributed by atoms with van der Waals surface area (Å²) in [7, 11) is -2.10. The monoisotopic (exact) mass is 456 g/mol. The molecule has 1 N–H and O–H groups in total. The first-order chi connectivity index (χ1) is 15.4. The van der Waals surface area contributed by atoms with Crippen LogP contribution in [0.4, 0.5) is 0 Å². The molecule has 1 saturated heterocycles. The van der Waals surface area contributed by atoms with Gasteiger partial charge in [-0.05, 0) is 86.4 Å². The standard InChI is InChI=1S/C25H32N2O4S/c1-18(20-10-9-19-6-3-4-7-21(19)16-20)26-25(28)22-8-5-15-27(17-22)32(29,30)24-13-11-23(31-2)12-14-24/h9-14,16,18,22H,3-8,15,17H2,1-2H3,(H,26,28)/t18-,22+/m0/s1. The third-order valence-electron chi connectivity index (χ3n) is 6.68. The third-order valence-corrected chi connectivity index (χ3v) is 8.56. The molecule has 0 aromatic heterocycles. The summed E-state index contributed by atoms with van der Waals surface area (Å²) < 4.78 is 32.7.